The molecule has 0 atom stereocenters. The third-order valence-corrected chi connectivity index (χ3v) is 3.67. The molecule has 0 saturated carbocycles. The Bertz CT molecular complexity index is 559. The van der Waals surface area contributed by atoms with Crippen LogP contribution in [0, 0.1) is 10.1 Å². The van der Waals surface area contributed by atoms with Crippen molar-refractivity contribution < 1.29 is 18.1 Å². The molecule has 0 saturated heterocycles. The molecule has 6 nitrogen and oxygen atoms in total. The molecule has 0 aliphatic heterocycles. The zero-order valence-corrected chi connectivity index (χ0v) is 11.7. The fourth-order valence-corrected chi connectivity index (χ4v) is 2.82. The standard InChI is InChI=1S/C8H7BrClNO5S/c1-2-16-8-6(9)3-5(11(12)13)4-7(8)17(10,14)15/h3-4H,2H2,1H3. The van der Waals surface area contributed by atoms with Crippen LogP contribution in [0.3, 0.4) is 0 Å². The first-order valence-corrected chi connectivity index (χ1v) is 7.43. The maximum atomic E-state index is 11.3. The highest BCUT2D eigenvalue weighted by Crippen LogP contribution is 2.37. The molecule has 1 aromatic carbocycles. The van der Waals surface area contributed by atoms with Crippen molar-refractivity contribution in [3.8, 4) is 5.75 Å². The second kappa shape index (κ2) is 5.19. The van der Waals surface area contributed by atoms with Crippen molar-refractivity contribution in [1.29, 1.82) is 0 Å². The summed E-state index contributed by atoms with van der Waals surface area (Å²) in [4.78, 5) is 9.46. The van der Waals surface area contributed by atoms with Crippen LogP contribution in [0.15, 0.2) is 21.5 Å². The summed E-state index contributed by atoms with van der Waals surface area (Å²) in [6.07, 6.45) is 0. The number of hydrogen-bond acceptors (Lipinski definition) is 5. The van der Waals surface area contributed by atoms with Gasteiger partial charge in [-0.15, -0.1) is 0 Å². The van der Waals surface area contributed by atoms with Crippen molar-refractivity contribution in [1.82, 2.24) is 0 Å². The van der Waals surface area contributed by atoms with Gasteiger partial charge in [0.25, 0.3) is 14.7 Å². The maximum absolute atomic E-state index is 11.3. The Balaban J connectivity index is 3.56. The van der Waals surface area contributed by atoms with Gasteiger partial charge in [-0.1, -0.05) is 0 Å². The predicted molar refractivity (Wildman–Crippen MR) is 65.0 cm³/mol. The Morgan fingerprint density at radius 2 is 2.12 bits per heavy atom. The van der Waals surface area contributed by atoms with Gasteiger partial charge in [-0.25, -0.2) is 8.42 Å². The van der Waals surface area contributed by atoms with Crippen LogP contribution in [-0.4, -0.2) is 19.9 Å². The molecule has 0 aromatic heterocycles. The lowest BCUT2D eigenvalue weighted by Gasteiger charge is -2.09. The van der Waals surface area contributed by atoms with Gasteiger partial charge in [0.1, 0.15) is 4.90 Å². The number of benzene rings is 1. The Morgan fingerprint density at radius 3 is 2.53 bits per heavy atom. The minimum absolute atomic E-state index is 0.0342. The van der Waals surface area contributed by atoms with E-state index in [9.17, 15) is 18.5 Å². The minimum atomic E-state index is -4.12. The first-order valence-electron chi connectivity index (χ1n) is 4.32. The lowest BCUT2D eigenvalue weighted by atomic mass is 10.3. The number of halogens is 2. The molecule has 0 amide bonds. The normalized spacial score (nSPS) is 11.2. The summed E-state index contributed by atoms with van der Waals surface area (Å²) in [5.41, 5.74) is -0.389. The van der Waals surface area contributed by atoms with Crippen molar-refractivity contribution in [2.24, 2.45) is 0 Å². The predicted octanol–water partition coefficient (Wildman–Crippen LogP) is 2.68. The van der Waals surface area contributed by atoms with Crippen LogP contribution < -0.4 is 4.74 Å². The first-order chi connectivity index (χ1) is 7.77. The van der Waals surface area contributed by atoms with Crippen LogP contribution in [-0.2, 0) is 9.05 Å². The summed E-state index contributed by atoms with van der Waals surface area (Å²) < 4.78 is 27.9. The Kier molecular flexibility index (Phi) is 4.34. The van der Waals surface area contributed by atoms with Crippen molar-refractivity contribution in [3.05, 3.63) is 26.7 Å². The molecule has 9 heteroatoms. The second-order valence-corrected chi connectivity index (χ2v) is 6.27. The van der Waals surface area contributed by atoms with Crippen molar-refractivity contribution >= 4 is 41.4 Å². The average Bonchev–Trinajstić information content (AvgIpc) is 2.18. The van der Waals surface area contributed by atoms with Crippen LogP contribution in [0.25, 0.3) is 0 Å². The van der Waals surface area contributed by atoms with Gasteiger partial charge in [-0.2, -0.15) is 0 Å². The SMILES string of the molecule is CCOc1c(Br)cc([N+](=O)[O-])cc1S(=O)(=O)Cl. The lowest BCUT2D eigenvalue weighted by Crippen LogP contribution is -2.02. The third kappa shape index (κ3) is 3.30. The molecule has 1 aromatic rings. The van der Waals surface area contributed by atoms with Crippen LogP contribution in [0.5, 0.6) is 5.75 Å². The smallest absolute Gasteiger partial charge is 0.272 e. The molecule has 0 radical (unpaired) electrons. The molecule has 0 aliphatic rings. The van der Waals surface area contributed by atoms with E-state index < -0.39 is 18.9 Å². The Morgan fingerprint density at radius 1 is 1.53 bits per heavy atom. The fourth-order valence-electron chi connectivity index (χ4n) is 1.13. The quantitative estimate of drug-likeness (QED) is 0.476. The van der Waals surface area contributed by atoms with Gasteiger partial charge in [-0.05, 0) is 22.9 Å². The molecule has 0 aliphatic carbocycles. The van der Waals surface area contributed by atoms with Crippen molar-refractivity contribution in [2.45, 2.75) is 11.8 Å². The summed E-state index contributed by atoms with van der Waals surface area (Å²) in [5, 5.41) is 10.6. The average molecular weight is 345 g/mol. The summed E-state index contributed by atoms with van der Waals surface area (Å²) in [5.74, 6) is -0.0342. The van der Waals surface area contributed by atoms with E-state index >= 15 is 0 Å². The minimum Gasteiger partial charge on any atom is -0.491 e. The summed E-state index contributed by atoms with van der Waals surface area (Å²) in [6, 6.07) is 2.01. The van der Waals surface area contributed by atoms with E-state index in [0.29, 0.717) is 0 Å². The van der Waals surface area contributed by atoms with Gasteiger partial charge < -0.3 is 4.74 Å². The van der Waals surface area contributed by atoms with Crippen LogP contribution >= 0.6 is 26.6 Å². The highest BCUT2D eigenvalue weighted by atomic mass is 79.9. The molecule has 1 rings (SSSR count). The number of nitro benzene ring substituents is 1. The molecule has 0 heterocycles. The number of nitrogens with zero attached hydrogens (tertiary/aromatic N) is 1. The highest BCUT2D eigenvalue weighted by molar-refractivity contribution is 9.10. The van der Waals surface area contributed by atoms with Gasteiger partial charge in [0, 0.05) is 22.8 Å². The van der Waals surface area contributed by atoms with E-state index in [0.717, 1.165) is 12.1 Å². The van der Waals surface area contributed by atoms with E-state index in [1.807, 2.05) is 0 Å². The van der Waals surface area contributed by atoms with Gasteiger partial charge in [0.05, 0.1) is 16.0 Å². The second-order valence-electron chi connectivity index (χ2n) is 2.88. The molecular weight excluding hydrogens is 338 g/mol. The summed E-state index contributed by atoms with van der Waals surface area (Å²) >= 11 is 3.01. The highest BCUT2D eigenvalue weighted by Gasteiger charge is 2.24. The monoisotopic (exact) mass is 343 g/mol. The Labute approximate surface area is 110 Å². The molecule has 0 fully saturated rings. The van der Waals surface area contributed by atoms with Gasteiger partial charge >= 0.3 is 0 Å². The lowest BCUT2D eigenvalue weighted by molar-refractivity contribution is -0.385. The number of hydrogen-bond donors (Lipinski definition) is 0. The molecular formula is C8H7BrClNO5S. The number of ether oxygens (including phenoxy) is 1. The number of nitro groups is 1. The van der Waals surface area contributed by atoms with Crippen molar-refractivity contribution in [3.63, 3.8) is 0 Å². The summed E-state index contributed by atoms with van der Waals surface area (Å²) in [7, 11) is 1.08. The summed E-state index contributed by atoms with van der Waals surface area (Å²) in [6.45, 7) is 1.86. The number of non-ortho nitro benzene ring substituents is 1. The topological polar surface area (TPSA) is 86.5 Å². The van der Waals surface area contributed by atoms with E-state index in [1.165, 1.54) is 0 Å². The number of rotatable bonds is 4. The molecule has 0 bridgehead atoms. The first kappa shape index (κ1) is 14.2. The maximum Gasteiger partial charge on any atom is 0.272 e. The van der Waals surface area contributed by atoms with Crippen LogP contribution in [0.4, 0.5) is 5.69 Å². The molecule has 0 unspecified atom stereocenters. The van der Waals surface area contributed by atoms with Gasteiger partial charge in [0.2, 0.25) is 0 Å². The van der Waals surface area contributed by atoms with Crippen LogP contribution in [0.1, 0.15) is 6.92 Å². The molecule has 94 valence electrons. The largest absolute Gasteiger partial charge is 0.491 e. The zero-order valence-electron chi connectivity index (χ0n) is 8.51. The van der Waals surface area contributed by atoms with Crippen LogP contribution in [0.2, 0.25) is 0 Å². The van der Waals surface area contributed by atoms with Crippen molar-refractivity contribution in [2.75, 3.05) is 6.61 Å². The zero-order chi connectivity index (χ0) is 13.2. The third-order valence-electron chi connectivity index (χ3n) is 1.76. The van der Waals surface area contributed by atoms with E-state index in [1.54, 1.807) is 6.92 Å². The molecule has 17 heavy (non-hydrogen) atoms. The van der Waals surface area contributed by atoms with Gasteiger partial charge in [-0.3, -0.25) is 10.1 Å². The van der Waals surface area contributed by atoms with Gasteiger partial charge in [0.15, 0.2) is 5.75 Å². The fraction of sp³-hybridized carbons (Fsp3) is 0.250. The van der Waals surface area contributed by atoms with E-state index in [-0.39, 0.29) is 22.5 Å². The van der Waals surface area contributed by atoms with E-state index in [4.69, 9.17) is 15.4 Å². The van der Waals surface area contributed by atoms with E-state index in [2.05, 4.69) is 15.9 Å². The Hall–Kier alpha value is -0.860. The molecule has 0 N–H and O–H groups in total. The molecule has 0 spiro atoms.